The van der Waals surface area contributed by atoms with E-state index in [1.807, 2.05) is 24.4 Å². The first kappa shape index (κ1) is 13.7. The quantitative estimate of drug-likeness (QED) is 0.777. The molecule has 108 valence electrons. The van der Waals surface area contributed by atoms with Gasteiger partial charge in [0, 0.05) is 19.3 Å². The third kappa shape index (κ3) is 2.51. The van der Waals surface area contributed by atoms with Gasteiger partial charge in [0.25, 0.3) is 0 Å². The van der Waals surface area contributed by atoms with Gasteiger partial charge in [0.15, 0.2) is 5.82 Å². The lowest BCUT2D eigenvalue weighted by atomic mass is 9.85. The van der Waals surface area contributed by atoms with E-state index in [0.717, 1.165) is 30.2 Å². The molecule has 20 heavy (non-hydrogen) atoms. The van der Waals surface area contributed by atoms with Gasteiger partial charge in [0.05, 0.1) is 11.6 Å². The molecule has 3 nitrogen and oxygen atoms in total. The smallest absolute Gasteiger partial charge is 0.152 e. The van der Waals surface area contributed by atoms with Crippen molar-refractivity contribution in [1.82, 2.24) is 9.38 Å². The van der Waals surface area contributed by atoms with Crippen LogP contribution < -0.4 is 4.90 Å². The summed E-state index contributed by atoms with van der Waals surface area (Å²) in [5.74, 6) is 1.57. The maximum absolute atomic E-state index is 6.18. The van der Waals surface area contributed by atoms with Crippen LogP contribution in [-0.4, -0.2) is 22.5 Å². The minimum Gasteiger partial charge on any atom is -0.355 e. The van der Waals surface area contributed by atoms with Crippen molar-refractivity contribution in [1.29, 1.82) is 0 Å². The van der Waals surface area contributed by atoms with Gasteiger partial charge in [-0.2, -0.15) is 0 Å². The van der Waals surface area contributed by atoms with E-state index in [1.165, 1.54) is 19.3 Å². The fraction of sp³-hybridized carbons (Fsp3) is 0.562. The molecule has 3 heterocycles. The lowest BCUT2D eigenvalue weighted by Crippen LogP contribution is -2.26. The second-order valence-electron chi connectivity index (χ2n) is 6.45. The number of alkyl halides is 1. The topological polar surface area (TPSA) is 20.5 Å². The van der Waals surface area contributed by atoms with Crippen LogP contribution >= 0.6 is 11.6 Å². The molecule has 0 aliphatic carbocycles. The van der Waals surface area contributed by atoms with Crippen molar-refractivity contribution in [3.63, 3.8) is 0 Å². The molecular weight excluding hydrogens is 270 g/mol. The number of anilines is 1. The summed E-state index contributed by atoms with van der Waals surface area (Å²) in [7, 11) is 0. The Bertz CT molecular complexity index is 603. The molecule has 1 aliphatic rings. The molecule has 1 aliphatic heterocycles. The maximum atomic E-state index is 6.18. The van der Waals surface area contributed by atoms with E-state index in [-0.39, 0.29) is 0 Å². The van der Waals surface area contributed by atoms with Crippen LogP contribution in [0.1, 0.15) is 38.8 Å². The molecule has 1 fully saturated rings. The number of pyridine rings is 1. The maximum Gasteiger partial charge on any atom is 0.152 e. The molecule has 0 aromatic carbocycles. The molecule has 0 saturated carbocycles. The minimum atomic E-state index is 0.440. The first-order valence-electron chi connectivity index (χ1n) is 7.38. The summed E-state index contributed by atoms with van der Waals surface area (Å²) in [6.07, 6.45) is 5.77. The number of halogens is 1. The van der Waals surface area contributed by atoms with Crippen molar-refractivity contribution in [3.8, 4) is 0 Å². The molecule has 0 unspecified atom stereocenters. The van der Waals surface area contributed by atoms with Gasteiger partial charge in [-0.1, -0.05) is 19.9 Å². The van der Waals surface area contributed by atoms with E-state index >= 15 is 0 Å². The summed E-state index contributed by atoms with van der Waals surface area (Å²) in [5, 5.41) is 0. The molecule has 3 rings (SSSR count). The molecule has 1 saturated heterocycles. The fourth-order valence-electron chi connectivity index (χ4n) is 3.05. The number of hydrogen-bond acceptors (Lipinski definition) is 2. The lowest BCUT2D eigenvalue weighted by Gasteiger charge is -2.24. The van der Waals surface area contributed by atoms with E-state index in [1.54, 1.807) is 0 Å². The predicted molar refractivity (Wildman–Crippen MR) is 84.6 cm³/mol. The van der Waals surface area contributed by atoms with Gasteiger partial charge < -0.3 is 9.30 Å². The number of aromatic nitrogens is 2. The van der Waals surface area contributed by atoms with Crippen molar-refractivity contribution < 1.29 is 0 Å². The van der Waals surface area contributed by atoms with Gasteiger partial charge in [-0.15, -0.1) is 11.6 Å². The van der Waals surface area contributed by atoms with Crippen LogP contribution in [0.4, 0.5) is 5.82 Å². The van der Waals surface area contributed by atoms with Crippen molar-refractivity contribution in [2.45, 2.75) is 39.0 Å². The van der Waals surface area contributed by atoms with Crippen molar-refractivity contribution >= 4 is 23.1 Å². The molecule has 0 radical (unpaired) electrons. The molecule has 0 atom stereocenters. The van der Waals surface area contributed by atoms with E-state index in [0.29, 0.717) is 11.3 Å². The third-order valence-corrected chi connectivity index (χ3v) is 4.63. The molecule has 0 amide bonds. The van der Waals surface area contributed by atoms with Crippen LogP contribution in [0.5, 0.6) is 0 Å². The van der Waals surface area contributed by atoms with E-state index in [2.05, 4.69) is 23.1 Å². The normalized spacial score (nSPS) is 19.2. The molecular formula is C16H22ClN3. The highest BCUT2D eigenvalue weighted by atomic mass is 35.5. The zero-order valence-corrected chi connectivity index (χ0v) is 13.0. The van der Waals surface area contributed by atoms with Crippen molar-refractivity contribution in [2.75, 3.05) is 18.0 Å². The summed E-state index contributed by atoms with van der Waals surface area (Å²) in [6.45, 7) is 6.88. The van der Waals surface area contributed by atoms with Gasteiger partial charge in [0.1, 0.15) is 5.65 Å². The SMILES string of the molecule is CC1(C)CCCN(c2nc3ccccn3c2CCl)CC1. The van der Waals surface area contributed by atoms with Gasteiger partial charge in [-0.05, 0) is 36.8 Å². The van der Waals surface area contributed by atoms with Gasteiger partial charge >= 0.3 is 0 Å². The van der Waals surface area contributed by atoms with Gasteiger partial charge in [-0.25, -0.2) is 4.98 Å². The zero-order chi connectivity index (χ0) is 14.2. The van der Waals surface area contributed by atoms with Crippen LogP contribution in [-0.2, 0) is 5.88 Å². The largest absolute Gasteiger partial charge is 0.355 e. The van der Waals surface area contributed by atoms with Crippen LogP contribution in [0, 0.1) is 5.41 Å². The van der Waals surface area contributed by atoms with E-state index in [9.17, 15) is 0 Å². The van der Waals surface area contributed by atoms with Gasteiger partial charge in [0.2, 0.25) is 0 Å². The molecule has 4 heteroatoms. The summed E-state index contributed by atoms with van der Waals surface area (Å²) < 4.78 is 2.11. The van der Waals surface area contributed by atoms with Crippen LogP contribution in [0.15, 0.2) is 24.4 Å². The predicted octanol–water partition coefficient (Wildman–Crippen LogP) is 4.09. The van der Waals surface area contributed by atoms with Crippen molar-refractivity contribution in [3.05, 3.63) is 30.1 Å². The Hall–Kier alpha value is -1.22. The monoisotopic (exact) mass is 291 g/mol. The highest BCUT2D eigenvalue weighted by Gasteiger charge is 2.25. The summed E-state index contributed by atoms with van der Waals surface area (Å²) in [6, 6.07) is 6.09. The number of rotatable bonds is 2. The fourth-order valence-corrected chi connectivity index (χ4v) is 3.29. The lowest BCUT2D eigenvalue weighted by molar-refractivity contribution is 0.325. The number of fused-ring (bicyclic) bond motifs is 1. The second-order valence-corrected chi connectivity index (χ2v) is 6.72. The molecule has 0 spiro atoms. The second kappa shape index (κ2) is 5.28. The Balaban J connectivity index is 1.97. The average molecular weight is 292 g/mol. The summed E-state index contributed by atoms with van der Waals surface area (Å²) in [5.41, 5.74) is 2.54. The van der Waals surface area contributed by atoms with Crippen LogP contribution in [0.2, 0.25) is 0 Å². The van der Waals surface area contributed by atoms with Crippen LogP contribution in [0.25, 0.3) is 5.65 Å². The highest BCUT2D eigenvalue weighted by molar-refractivity contribution is 6.17. The van der Waals surface area contributed by atoms with Gasteiger partial charge in [-0.3, -0.25) is 0 Å². The third-order valence-electron chi connectivity index (χ3n) is 4.37. The van der Waals surface area contributed by atoms with E-state index in [4.69, 9.17) is 16.6 Å². The average Bonchev–Trinajstić information content (AvgIpc) is 2.70. The Labute approximate surface area is 125 Å². The Morgan fingerprint density at radius 2 is 2.10 bits per heavy atom. The number of nitrogens with zero attached hydrogens (tertiary/aromatic N) is 3. The summed E-state index contributed by atoms with van der Waals surface area (Å²) in [4.78, 5) is 7.22. The number of hydrogen-bond donors (Lipinski definition) is 0. The molecule has 0 bridgehead atoms. The molecule has 2 aromatic heterocycles. The Morgan fingerprint density at radius 3 is 2.90 bits per heavy atom. The number of imidazole rings is 1. The zero-order valence-electron chi connectivity index (χ0n) is 12.3. The minimum absolute atomic E-state index is 0.440. The molecule has 2 aromatic rings. The first-order valence-corrected chi connectivity index (χ1v) is 7.91. The molecule has 0 N–H and O–H groups in total. The van der Waals surface area contributed by atoms with Crippen molar-refractivity contribution in [2.24, 2.45) is 5.41 Å². The Kier molecular flexibility index (Phi) is 3.63. The first-order chi connectivity index (χ1) is 9.61. The Morgan fingerprint density at radius 1 is 1.25 bits per heavy atom. The highest BCUT2D eigenvalue weighted by Crippen LogP contribution is 2.33. The van der Waals surface area contributed by atoms with E-state index < -0.39 is 0 Å². The summed E-state index contributed by atoms with van der Waals surface area (Å²) >= 11 is 6.18. The van der Waals surface area contributed by atoms with Crippen LogP contribution in [0.3, 0.4) is 0 Å². The standard InChI is InChI=1S/C16H22ClN3/c1-16(2)7-5-9-19(11-8-16)15-13(12-17)20-10-4-3-6-14(20)18-15/h3-4,6,10H,5,7-9,11-12H2,1-2H3.